The summed E-state index contributed by atoms with van der Waals surface area (Å²) in [6, 6.07) is 13.0. The third-order valence-corrected chi connectivity index (χ3v) is 7.28. The van der Waals surface area contributed by atoms with Crippen LogP contribution in [0.1, 0.15) is 59.3 Å². The number of hydrogen-bond donors (Lipinski definition) is 1. The van der Waals surface area contributed by atoms with Gasteiger partial charge in [-0.15, -0.1) is 0 Å². The van der Waals surface area contributed by atoms with E-state index in [1.54, 1.807) is 24.3 Å². The summed E-state index contributed by atoms with van der Waals surface area (Å²) in [5.74, 6) is 0.0294. The predicted molar refractivity (Wildman–Crippen MR) is 113 cm³/mol. The van der Waals surface area contributed by atoms with E-state index in [0.717, 1.165) is 18.4 Å². The third-order valence-electron chi connectivity index (χ3n) is 5.41. The summed E-state index contributed by atoms with van der Waals surface area (Å²) in [4.78, 5) is 12.7. The van der Waals surface area contributed by atoms with Crippen LogP contribution in [0, 0.1) is 13.8 Å². The largest absolute Gasteiger partial charge is 0.345 e. The summed E-state index contributed by atoms with van der Waals surface area (Å²) in [5, 5.41) is 3.09. The fourth-order valence-corrected chi connectivity index (χ4v) is 5.14. The van der Waals surface area contributed by atoms with Crippen molar-refractivity contribution >= 4 is 21.6 Å². The lowest BCUT2D eigenvalue weighted by Gasteiger charge is -2.28. The Morgan fingerprint density at radius 2 is 1.79 bits per heavy atom. The Morgan fingerprint density at radius 1 is 1.07 bits per heavy atom. The van der Waals surface area contributed by atoms with Crippen LogP contribution in [-0.2, 0) is 10.0 Å². The van der Waals surface area contributed by atoms with Gasteiger partial charge in [-0.3, -0.25) is 9.10 Å². The number of benzene rings is 2. The molecule has 1 atom stereocenters. The summed E-state index contributed by atoms with van der Waals surface area (Å²) >= 11 is 0. The fraction of sp³-hybridized carbons (Fsp3) is 0.409. The molecule has 1 aliphatic heterocycles. The standard InChI is InChI=1S/C22H28N2O3S/c1-4-21(19-8-7-16(2)17(3)15-19)23-22(25)18-9-11-20(12-10-18)24-13-5-6-14-28(24,26)27/h7-12,15,21H,4-6,13-14H2,1-3H3,(H,23,25)/t21-/m1/s1. The number of carbonyl (C=O) groups is 1. The summed E-state index contributed by atoms with van der Waals surface area (Å²) in [6.45, 7) is 6.69. The number of carbonyl (C=O) groups excluding carboxylic acids is 1. The SMILES string of the molecule is CC[C@@H](NC(=O)c1ccc(N2CCCCS2(=O)=O)cc1)c1ccc(C)c(C)c1. The van der Waals surface area contributed by atoms with Crippen molar-refractivity contribution in [2.75, 3.05) is 16.6 Å². The summed E-state index contributed by atoms with van der Waals surface area (Å²) in [7, 11) is -3.24. The molecule has 1 fully saturated rings. The Labute approximate surface area is 167 Å². The van der Waals surface area contributed by atoms with E-state index in [0.29, 0.717) is 24.2 Å². The van der Waals surface area contributed by atoms with Gasteiger partial charge < -0.3 is 5.32 Å². The molecule has 0 bridgehead atoms. The summed E-state index contributed by atoms with van der Waals surface area (Å²) < 4.78 is 25.9. The number of anilines is 1. The van der Waals surface area contributed by atoms with Crippen LogP contribution in [0.3, 0.4) is 0 Å². The van der Waals surface area contributed by atoms with Crippen LogP contribution in [0.25, 0.3) is 0 Å². The van der Waals surface area contributed by atoms with Crippen molar-refractivity contribution in [1.29, 1.82) is 0 Å². The van der Waals surface area contributed by atoms with Gasteiger partial charge >= 0.3 is 0 Å². The molecule has 150 valence electrons. The van der Waals surface area contributed by atoms with Gasteiger partial charge in [0.2, 0.25) is 10.0 Å². The molecule has 6 heteroatoms. The second-order valence-electron chi connectivity index (χ2n) is 7.42. The minimum absolute atomic E-state index is 0.0612. The molecular formula is C22H28N2O3S. The second kappa shape index (κ2) is 8.35. The molecule has 1 saturated heterocycles. The monoisotopic (exact) mass is 400 g/mol. The van der Waals surface area contributed by atoms with E-state index in [4.69, 9.17) is 0 Å². The van der Waals surface area contributed by atoms with Gasteiger partial charge in [0.25, 0.3) is 5.91 Å². The molecule has 5 nitrogen and oxygen atoms in total. The molecule has 1 heterocycles. The third kappa shape index (κ3) is 4.38. The van der Waals surface area contributed by atoms with Crippen LogP contribution in [0.2, 0.25) is 0 Å². The van der Waals surface area contributed by atoms with E-state index in [9.17, 15) is 13.2 Å². The highest BCUT2D eigenvalue weighted by Crippen LogP contribution is 2.24. The number of aryl methyl sites for hydroxylation is 2. The van der Waals surface area contributed by atoms with E-state index in [1.165, 1.54) is 15.4 Å². The lowest BCUT2D eigenvalue weighted by atomic mass is 9.99. The smallest absolute Gasteiger partial charge is 0.251 e. The quantitative estimate of drug-likeness (QED) is 0.821. The van der Waals surface area contributed by atoms with Gasteiger partial charge in [0.15, 0.2) is 0 Å². The van der Waals surface area contributed by atoms with Crippen molar-refractivity contribution in [2.24, 2.45) is 0 Å². The van der Waals surface area contributed by atoms with Gasteiger partial charge in [-0.05, 0) is 74.1 Å². The maximum absolute atomic E-state index is 12.7. The van der Waals surface area contributed by atoms with E-state index < -0.39 is 10.0 Å². The van der Waals surface area contributed by atoms with Gasteiger partial charge in [0, 0.05) is 12.1 Å². The first-order valence-electron chi connectivity index (χ1n) is 9.80. The molecule has 3 rings (SSSR count). The summed E-state index contributed by atoms with van der Waals surface area (Å²) in [6.07, 6.45) is 2.35. The molecule has 1 aliphatic rings. The first kappa shape index (κ1) is 20.4. The Bertz CT molecular complexity index is 952. The number of nitrogens with one attached hydrogen (secondary N) is 1. The van der Waals surface area contributed by atoms with Crippen LogP contribution >= 0.6 is 0 Å². The molecule has 1 amide bonds. The van der Waals surface area contributed by atoms with Crippen molar-refractivity contribution in [3.8, 4) is 0 Å². The van der Waals surface area contributed by atoms with Gasteiger partial charge in [-0.1, -0.05) is 25.1 Å². The average molecular weight is 401 g/mol. The molecule has 28 heavy (non-hydrogen) atoms. The van der Waals surface area contributed by atoms with Crippen molar-refractivity contribution in [3.63, 3.8) is 0 Å². The molecule has 0 spiro atoms. The summed E-state index contributed by atoms with van der Waals surface area (Å²) in [5.41, 5.74) is 4.68. The van der Waals surface area contributed by atoms with Crippen LogP contribution in [-0.4, -0.2) is 26.6 Å². The zero-order valence-corrected chi connectivity index (χ0v) is 17.6. The molecule has 2 aromatic carbocycles. The van der Waals surface area contributed by atoms with Crippen molar-refractivity contribution < 1.29 is 13.2 Å². The molecular weight excluding hydrogens is 372 g/mol. The number of amides is 1. The van der Waals surface area contributed by atoms with Crippen molar-refractivity contribution in [2.45, 2.75) is 46.1 Å². The number of rotatable bonds is 5. The Hall–Kier alpha value is -2.34. The Balaban J connectivity index is 1.74. The number of hydrogen-bond acceptors (Lipinski definition) is 3. The Morgan fingerprint density at radius 3 is 2.39 bits per heavy atom. The maximum Gasteiger partial charge on any atom is 0.251 e. The average Bonchev–Trinajstić information content (AvgIpc) is 2.68. The highest BCUT2D eigenvalue weighted by atomic mass is 32.2. The zero-order valence-electron chi connectivity index (χ0n) is 16.7. The maximum atomic E-state index is 12.7. The van der Waals surface area contributed by atoms with Crippen molar-refractivity contribution in [3.05, 3.63) is 64.7 Å². The second-order valence-corrected chi connectivity index (χ2v) is 9.43. The lowest BCUT2D eigenvalue weighted by molar-refractivity contribution is 0.0935. The van der Waals surface area contributed by atoms with Crippen LogP contribution in [0.4, 0.5) is 5.69 Å². The molecule has 0 radical (unpaired) electrons. The lowest BCUT2D eigenvalue weighted by Crippen LogP contribution is -2.37. The van der Waals surface area contributed by atoms with E-state index in [-0.39, 0.29) is 17.7 Å². The molecule has 0 aliphatic carbocycles. The highest BCUT2D eigenvalue weighted by Gasteiger charge is 2.26. The number of sulfonamides is 1. The highest BCUT2D eigenvalue weighted by molar-refractivity contribution is 7.92. The van der Waals surface area contributed by atoms with Gasteiger partial charge in [0.1, 0.15) is 0 Å². The van der Waals surface area contributed by atoms with Gasteiger partial charge in [0.05, 0.1) is 17.5 Å². The van der Waals surface area contributed by atoms with E-state index in [1.807, 2.05) is 6.92 Å². The molecule has 1 N–H and O–H groups in total. The number of nitrogens with zero attached hydrogens (tertiary/aromatic N) is 1. The van der Waals surface area contributed by atoms with Crippen molar-refractivity contribution in [1.82, 2.24) is 5.32 Å². The molecule has 0 unspecified atom stereocenters. The molecule has 0 aromatic heterocycles. The van der Waals surface area contributed by atoms with Crippen LogP contribution in [0.5, 0.6) is 0 Å². The van der Waals surface area contributed by atoms with Crippen LogP contribution < -0.4 is 9.62 Å². The van der Waals surface area contributed by atoms with Gasteiger partial charge in [-0.25, -0.2) is 8.42 Å². The zero-order chi connectivity index (χ0) is 20.3. The molecule has 0 saturated carbocycles. The van der Waals surface area contributed by atoms with Gasteiger partial charge in [-0.2, -0.15) is 0 Å². The minimum Gasteiger partial charge on any atom is -0.345 e. The topological polar surface area (TPSA) is 66.5 Å². The van der Waals surface area contributed by atoms with E-state index >= 15 is 0 Å². The predicted octanol–water partition coefficient (Wildman–Crippen LogP) is 4.11. The Kier molecular flexibility index (Phi) is 6.08. The normalized spacial score (nSPS) is 17.2. The van der Waals surface area contributed by atoms with Crippen LogP contribution in [0.15, 0.2) is 42.5 Å². The molecule has 2 aromatic rings. The fourth-order valence-electron chi connectivity index (χ4n) is 3.50. The first-order valence-corrected chi connectivity index (χ1v) is 11.4. The first-order chi connectivity index (χ1) is 13.3. The van der Waals surface area contributed by atoms with E-state index in [2.05, 4.69) is 37.4 Å². The minimum atomic E-state index is -3.24.